The van der Waals surface area contributed by atoms with E-state index >= 15 is 0 Å². The summed E-state index contributed by atoms with van der Waals surface area (Å²) in [5.41, 5.74) is 1.76. The smallest absolute Gasteiger partial charge is 0.257 e. The molecule has 1 aliphatic heterocycles. The van der Waals surface area contributed by atoms with Gasteiger partial charge in [0.25, 0.3) is 5.91 Å². The van der Waals surface area contributed by atoms with Crippen molar-refractivity contribution in [1.82, 2.24) is 9.88 Å². The van der Waals surface area contributed by atoms with Crippen LogP contribution in [0.15, 0.2) is 60.0 Å². The molecule has 0 aliphatic carbocycles. The second-order valence-electron chi connectivity index (χ2n) is 6.96. The van der Waals surface area contributed by atoms with Crippen LogP contribution in [0.2, 0.25) is 0 Å². The summed E-state index contributed by atoms with van der Waals surface area (Å²) in [5, 5.41) is 5.02. The van der Waals surface area contributed by atoms with Gasteiger partial charge in [-0.25, -0.2) is 9.37 Å². The van der Waals surface area contributed by atoms with Gasteiger partial charge in [-0.2, -0.15) is 0 Å². The molecule has 0 spiro atoms. The number of carbonyl (C=O) groups is 2. The van der Waals surface area contributed by atoms with Crippen molar-refractivity contribution in [3.05, 3.63) is 77.1 Å². The molecule has 6 nitrogen and oxygen atoms in total. The summed E-state index contributed by atoms with van der Waals surface area (Å²) in [6.07, 6.45) is 0.178. The average Bonchev–Trinajstić information content (AvgIpc) is 3.21. The number of nitrogens with one attached hydrogen (secondary N) is 1. The monoisotopic (exact) mass is 424 g/mol. The fraction of sp³-hybridized carbons (Fsp3) is 0.227. The summed E-state index contributed by atoms with van der Waals surface area (Å²) in [4.78, 5) is 33.0. The third kappa shape index (κ3) is 4.65. The van der Waals surface area contributed by atoms with Crippen LogP contribution < -0.4 is 10.2 Å². The Hall–Kier alpha value is -3.26. The van der Waals surface area contributed by atoms with Crippen LogP contribution in [-0.2, 0) is 11.2 Å². The minimum atomic E-state index is -0.246. The zero-order chi connectivity index (χ0) is 20.9. The molecular weight excluding hydrogens is 403 g/mol. The van der Waals surface area contributed by atoms with Crippen molar-refractivity contribution in [3.63, 3.8) is 0 Å². The molecule has 4 rings (SSSR count). The summed E-state index contributed by atoms with van der Waals surface area (Å²) in [7, 11) is 0. The molecule has 1 fully saturated rings. The largest absolute Gasteiger partial charge is 0.366 e. The van der Waals surface area contributed by atoms with Crippen LogP contribution >= 0.6 is 11.3 Å². The van der Waals surface area contributed by atoms with Crippen molar-refractivity contribution < 1.29 is 14.0 Å². The normalized spacial score (nSPS) is 13.9. The van der Waals surface area contributed by atoms with E-state index in [4.69, 9.17) is 0 Å². The van der Waals surface area contributed by atoms with E-state index in [1.54, 1.807) is 46.7 Å². The molecule has 2 amide bonds. The van der Waals surface area contributed by atoms with Crippen LogP contribution in [0.3, 0.4) is 0 Å². The van der Waals surface area contributed by atoms with Crippen molar-refractivity contribution in [3.8, 4) is 0 Å². The lowest BCUT2D eigenvalue weighted by Gasteiger charge is -2.36. The number of anilines is 2. The van der Waals surface area contributed by atoms with E-state index in [0.29, 0.717) is 48.3 Å². The van der Waals surface area contributed by atoms with Gasteiger partial charge in [0.05, 0.1) is 17.8 Å². The highest BCUT2D eigenvalue weighted by atomic mass is 32.1. The van der Waals surface area contributed by atoms with Crippen LogP contribution in [0.4, 0.5) is 15.2 Å². The quantitative estimate of drug-likeness (QED) is 0.682. The predicted molar refractivity (Wildman–Crippen MR) is 115 cm³/mol. The van der Waals surface area contributed by atoms with Crippen LogP contribution in [0.25, 0.3) is 0 Å². The van der Waals surface area contributed by atoms with E-state index in [2.05, 4.69) is 10.3 Å². The Labute approximate surface area is 178 Å². The van der Waals surface area contributed by atoms with Gasteiger partial charge in [0.15, 0.2) is 5.13 Å². The van der Waals surface area contributed by atoms with Crippen LogP contribution in [-0.4, -0.2) is 47.9 Å². The Bertz CT molecular complexity index is 1030. The zero-order valence-electron chi connectivity index (χ0n) is 16.3. The number of carbonyl (C=O) groups excluding carboxylic acids is 2. The lowest BCUT2D eigenvalue weighted by atomic mass is 10.2. The first-order chi connectivity index (χ1) is 14.6. The molecule has 3 aromatic rings. The number of rotatable bonds is 5. The molecule has 0 bridgehead atoms. The maximum absolute atomic E-state index is 14.0. The Morgan fingerprint density at radius 1 is 1.00 bits per heavy atom. The van der Waals surface area contributed by atoms with E-state index in [1.807, 2.05) is 17.0 Å². The number of nitrogens with zero attached hydrogens (tertiary/aromatic N) is 3. The maximum Gasteiger partial charge on any atom is 0.257 e. The fourth-order valence-electron chi connectivity index (χ4n) is 3.38. The number of hydrogen-bond acceptors (Lipinski definition) is 5. The summed E-state index contributed by atoms with van der Waals surface area (Å²) in [6.45, 7) is 2.24. The Kier molecular flexibility index (Phi) is 6.04. The first-order valence-corrected chi connectivity index (χ1v) is 10.6. The third-order valence-electron chi connectivity index (χ3n) is 4.97. The molecule has 1 aliphatic rings. The lowest BCUT2D eigenvalue weighted by molar-refractivity contribution is -0.130. The molecule has 154 valence electrons. The highest BCUT2D eigenvalue weighted by molar-refractivity contribution is 7.14. The second-order valence-corrected chi connectivity index (χ2v) is 7.82. The Morgan fingerprint density at radius 2 is 1.70 bits per heavy atom. The molecule has 0 unspecified atom stereocenters. The van der Waals surface area contributed by atoms with E-state index in [9.17, 15) is 14.0 Å². The summed E-state index contributed by atoms with van der Waals surface area (Å²) >= 11 is 1.30. The molecule has 1 saturated heterocycles. The molecular formula is C22H21FN4O2S. The maximum atomic E-state index is 14.0. The van der Waals surface area contributed by atoms with Crippen molar-refractivity contribution >= 4 is 34.0 Å². The van der Waals surface area contributed by atoms with E-state index < -0.39 is 0 Å². The minimum Gasteiger partial charge on any atom is -0.366 e. The van der Waals surface area contributed by atoms with Crippen LogP contribution in [0.5, 0.6) is 0 Å². The van der Waals surface area contributed by atoms with Gasteiger partial charge in [-0.15, -0.1) is 11.3 Å². The van der Waals surface area contributed by atoms with Gasteiger partial charge in [0.2, 0.25) is 5.91 Å². The first-order valence-electron chi connectivity index (χ1n) is 9.68. The number of para-hydroxylation sites is 1. The zero-order valence-corrected chi connectivity index (χ0v) is 17.1. The van der Waals surface area contributed by atoms with E-state index in [-0.39, 0.29) is 24.1 Å². The number of benzene rings is 2. The van der Waals surface area contributed by atoms with Crippen molar-refractivity contribution in [1.29, 1.82) is 0 Å². The van der Waals surface area contributed by atoms with Gasteiger partial charge in [-0.1, -0.05) is 30.3 Å². The number of amides is 2. The third-order valence-corrected chi connectivity index (χ3v) is 5.77. The van der Waals surface area contributed by atoms with E-state index in [1.165, 1.54) is 17.4 Å². The first kappa shape index (κ1) is 20.0. The highest BCUT2D eigenvalue weighted by Crippen LogP contribution is 2.21. The van der Waals surface area contributed by atoms with Gasteiger partial charge in [0, 0.05) is 37.1 Å². The van der Waals surface area contributed by atoms with Gasteiger partial charge >= 0.3 is 0 Å². The molecule has 0 atom stereocenters. The summed E-state index contributed by atoms with van der Waals surface area (Å²) < 4.78 is 14.0. The molecule has 0 radical (unpaired) electrons. The SMILES string of the molecule is O=C(Nc1nc(CC(=O)N2CCN(c3ccccc3F)CC2)cs1)c1ccccc1. The topological polar surface area (TPSA) is 65.5 Å². The van der Waals surface area contributed by atoms with Gasteiger partial charge in [-0.3, -0.25) is 14.9 Å². The number of halogens is 1. The van der Waals surface area contributed by atoms with Gasteiger partial charge < -0.3 is 9.80 Å². The second kappa shape index (κ2) is 9.04. The molecule has 8 heteroatoms. The molecule has 1 aromatic heterocycles. The predicted octanol–water partition coefficient (Wildman–Crippen LogP) is 3.43. The van der Waals surface area contributed by atoms with Crippen molar-refractivity contribution in [2.75, 3.05) is 36.4 Å². The van der Waals surface area contributed by atoms with Crippen molar-refractivity contribution in [2.24, 2.45) is 0 Å². The minimum absolute atomic E-state index is 0.0191. The van der Waals surface area contributed by atoms with Gasteiger partial charge in [0.1, 0.15) is 5.82 Å². The lowest BCUT2D eigenvalue weighted by Crippen LogP contribution is -2.49. The van der Waals surface area contributed by atoms with Crippen LogP contribution in [0.1, 0.15) is 16.1 Å². The number of aromatic nitrogens is 1. The standard InChI is InChI=1S/C22H21FN4O2S/c23-18-8-4-5-9-19(18)26-10-12-27(13-11-26)20(28)14-17-15-30-22(24-17)25-21(29)16-6-2-1-3-7-16/h1-9,15H,10-14H2,(H,24,25,29). The molecule has 30 heavy (non-hydrogen) atoms. The molecule has 1 N–H and O–H groups in total. The van der Waals surface area contributed by atoms with Crippen LogP contribution in [0, 0.1) is 5.82 Å². The Balaban J connectivity index is 1.30. The molecule has 2 heterocycles. The number of hydrogen-bond donors (Lipinski definition) is 1. The fourth-order valence-corrected chi connectivity index (χ4v) is 4.08. The molecule has 0 saturated carbocycles. The van der Waals surface area contributed by atoms with Gasteiger partial charge in [-0.05, 0) is 24.3 Å². The summed E-state index contributed by atoms with van der Waals surface area (Å²) in [6, 6.07) is 15.6. The van der Waals surface area contributed by atoms with Crippen molar-refractivity contribution in [2.45, 2.75) is 6.42 Å². The Morgan fingerprint density at radius 3 is 2.43 bits per heavy atom. The summed E-state index contributed by atoms with van der Waals surface area (Å²) in [5.74, 6) is -0.494. The average molecular weight is 425 g/mol. The number of piperazine rings is 1. The highest BCUT2D eigenvalue weighted by Gasteiger charge is 2.23. The van der Waals surface area contributed by atoms with E-state index in [0.717, 1.165) is 0 Å². The number of thiazole rings is 1. The molecule has 2 aromatic carbocycles.